The van der Waals surface area contributed by atoms with Crippen LogP contribution in [0.1, 0.15) is 39.0 Å². The van der Waals surface area contributed by atoms with Crippen molar-refractivity contribution < 1.29 is 19.1 Å². The Balaban J connectivity index is 1.64. The lowest BCUT2D eigenvalue weighted by atomic mass is 10.1. The molecule has 0 radical (unpaired) electrons. The monoisotopic (exact) mass is 390 g/mol. The Morgan fingerprint density at radius 3 is 2.24 bits per heavy atom. The fraction of sp³-hybridized carbons (Fsp3) is 0.174. The van der Waals surface area contributed by atoms with Gasteiger partial charge in [-0.2, -0.15) is 0 Å². The van der Waals surface area contributed by atoms with Crippen LogP contribution >= 0.6 is 0 Å². The van der Waals surface area contributed by atoms with Crippen molar-refractivity contribution in [2.24, 2.45) is 0 Å². The molecule has 0 aliphatic heterocycles. The van der Waals surface area contributed by atoms with E-state index in [9.17, 15) is 14.4 Å². The maximum atomic E-state index is 12.4. The first kappa shape index (κ1) is 20.1. The molecule has 0 saturated carbocycles. The van der Waals surface area contributed by atoms with E-state index in [0.29, 0.717) is 16.8 Å². The highest BCUT2D eigenvalue weighted by Crippen LogP contribution is 2.18. The van der Waals surface area contributed by atoms with E-state index >= 15 is 0 Å². The molecule has 0 spiro atoms. The number of Topliss-reactive ketones (excluding diaryl/α,β-unsaturated/α-hetero) is 1. The van der Waals surface area contributed by atoms with Crippen molar-refractivity contribution in [3.63, 3.8) is 0 Å². The van der Waals surface area contributed by atoms with Crippen molar-refractivity contribution in [2.45, 2.75) is 20.8 Å². The van der Waals surface area contributed by atoms with E-state index in [-0.39, 0.29) is 5.78 Å². The summed E-state index contributed by atoms with van der Waals surface area (Å²) in [5, 5.41) is 2.62. The van der Waals surface area contributed by atoms with Gasteiger partial charge in [0.1, 0.15) is 0 Å². The number of hydrogen-bond acceptors (Lipinski definition) is 4. The lowest BCUT2D eigenvalue weighted by Crippen LogP contribution is -2.21. The minimum atomic E-state index is -0.582. The second kappa shape index (κ2) is 8.56. The third-order valence-electron chi connectivity index (χ3n) is 4.50. The molecule has 0 aliphatic carbocycles. The molecule has 1 heterocycles. The van der Waals surface area contributed by atoms with Gasteiger partial charge in [-0.05, 0) is 63.2 Å². The molecule has 1 aromatic heterocycles. The molecule has 1 amide bonds. The molecule has 0 fully saturated rings. The Kier molecular flexibility index (Phi) is 5.93. The number of ether oxygens (including phenoxy) is 1. The Morgan fingerprint density at radius 1 is 0.897 bits per heavy atom. The first-order valence-corrected chi connectivity index (χ1v) is 9.18. The number of amides is 1. The number of aromatic nitrogens is 1. The molecule has 0 atom stereocenters. The van der Waals surface area contributed by atoms with E-state index in [0.717, 1.165) is 17.1 Å². The molecule has 3 aromatic rings. The fourth-order valence-corrected chi connectivity index (χ4v) is 3.08. The summed E-state index contributed by atoms with van der Waals surface area (Å²) in [7, 11) is 0. The zero-order chi connectivity index (χ0) is 21.0. The third-order valence-corrected chi connectivity index (χ3v) is 4.50. The van der Waals surface area contributed by atoms with Gasteiger partial charge in [-0.15, -0.1) is 0 Å². The molecule has 6 nitrogen and oxygen atoms in total. The molecule has 0 aliphatic rings. The summed E-state index contributed by atoms with van der Waals surface area (Å²) in [6, 6.07) is 17.7. The number of nitrogens with zero attached hydrogens (tertiary/aromatic N) is 1. The molecule has 0 bridgehead atoms. The molecule has 0 saturated heterocycles. The predicted molar refractivity (Wildman–Crippen MR) is 111 cm³/mol. The van der Waals surface area contributed by atoms with E-state index < -0.39 is 18.5 Å². The molecule has 29 heavy (non-hydrogen) atoms. The van der Waals surface area contributed by atoms with Crippen LogP contribution in [0.5, 0.6) is 0 Å². The number of benzene rings is 2. The van der Waals surface area contributed by atoms with Gasteiger partial charge in [0.2, 0.25) is 0 Å². The van der Waals surface area contributed by atoms with Gasteiger partial charge in [0.25, 0.3) is 5.91 Å². The van der Waals surface area contributed by atoms with Gasteiger partial charge < -0.3 is 14.6 Å². The van der Waals surface area contributed by atoms with Gasteiger partial charge in [0.15, 0.2) is 12.4 Å². The molecule has 1 N–H and O–H groups in total. The zero-order valence-electron chi connectivity index (χ0n) is 16.6. The van der Waals surface area contributed by atoms with Crippen LogP contribution in [0.15, 0.2) is 60.7 Å². The normalized spacial score (nSPS) is 10.4. The number of rotatable bonds is 6. The van der Waals surface area contributed by atoms with E-state index in [1.54, 1.807) is 42.5 Å². The lowest BCUT2D eigenvalue weighted by Gasteiger charge is -2.11. The fourth-order valence-electron chi connectivity index (χ4n) is 3.08. The van der Waals surface area contributed by atoms with E-state index in [4.69, 9.17) is 4.74 Å². The van der Waals surface area contributed by atoms with E-state index in [2.05, 4.69) is 5.32 Å². The largest absolute Gasteiger partial charge is 0.452 e. The van der Waals surface area contributed by atoms with Crippen LogP contribution < -0.4 is 5.32 Å². The van der Waals surface area contributed by atoms with Crippen molar-refractivity contribution >= 4 is 23.3 Å². The van der Waals surface area contributed by atoms with Crippen LogP contribution in [0.2, 0.25) is 0 Å². The number of anilines is 1. The van der Waals surface area contributed by atoms with Gasteiger partial charge in [-0.25, -0.2) is 4.79 Å². The number of carbonyl (C=O) groups excluding carboxylic acids is 3. The number of aryl methyl sites for hydroxylation is 2. The van der Waals surface area contributed by atoms with Crippen molar-refractivity contribution in [3.05, 3.63) is 83.2 Å². The standard InChI is InChI=1S/C23H22N2O4/c1-15-10-11-16(2)25(15)21-9-5-7-19(13-21)23(28)29-14-22(27)24-20-8-4-6-18(12-20)17(3)26/h4-13H,14H2,1-3H3,(H,24,27). The number of esters is 1. The van der Waals surface area contributed by atoms with Crippen LogP contribution in [0.4, 0.5) is 5.69 Å². The van der Waals surface area contributed by atoms with Crippen LogP contribution in [-0.4, -0.2) is 28.8 Å². The van der Waals surface area contributed by atoms with Crippen LogP contribution in [-0.2, 0) is 9.53 Å². The summed E-state index contributed by atoms with van der Waals surface area (Å²) < 4.78 is 7.18. The van der Waals surface area contributed by atoms with Gasteiger partial charge in [-0.1, -0.05) is 18.2 Å². The second-order valence-electron chi connectivity index (χ2n) is 6.76. The predicted octanol–water partition coefficient (Wildman–Crippen LogP) is 4.09. The highest BCUT2D eigenvalue weighted by Gasteiger charge is 2.13. The molecular formula is C23H22N2O4. The van der Waals surface area contributed by atoms with Crippen LogP contribution in [0, 0.1) is 13.8 Å². The van der Waals surface area contributed by atoms with Gasteiger partial charge >= 0.3 is 5.97 Å². The van der Waals surface area contributed by atoms with Gasteiger partial charge in [0, 0.05) is 28.3 Å². The van der Waals surface area contributed by atoms with E-state index in [1.165, 1.54) is 6.92 Å². The summed E-state index contributed by atoms with van der Waals surface area (Å²) in [4.78, 5) is 35.9. The minimum absolute atomic E-state index is 0.0967. The van der Waals surface area contributed by atoms with Gasteiger partial charge in [-0.3, -0.25) is 9.59 Å². The lowest BCUT2D eigenvalue weighted by molar-refractivity contribution is -0.119. The molecule has 2 aromatic carbocycles. The SMILES string of the molecule is CC(=O)c1cccc(NC(=O)COC(=O)c2cccc(-n3c(C)ccc3C)c2)c1. The van der Waals surface area contributed by atoms with Crippen molar-refractivity contribution in [1.82, 2.24) is 4.57 Å². The average Bonchev–Trinajstić information content (AvgIpc) is 3.04. The molecule has 6 heteroatoms. The van der Waals surface area contributed by atoms with Crippen molar-refractivity contribution in [2.75, 3.05) is 11.9 Å². The zero-order valence-corrected chi connectivity index (χ0v) is 16.6. The Bertz CT molecular complexity index is 1060. The molecule has 0 unspecified atom stereocenters. The smallest absolute Gasteiger partial charge is 0.338 e. The Morgan fingerprint density at radius 2 is 1.55 bits per heavy atom. The Labute approximate surface area is 169 Å². The first-order chi connectivity index (χ1) is 13.8. The van der Waals surface area contributed by atoms with Gasteiger partial charge in [0.05, 0.1) is 5.56 Å². The summed E-state index contributed by atoms with van der Waals surface area (Å²) in [5.74, 6) is -1.16. The second-order valence-corrected chi connectivity index (χ2v) is 6.76. The number of nitrogens with one attached hydrogen (secondary N) is 1. The van der Waals surface area contributed by atoms with Crippen molar-refractivity contribution in [1.29, 1.82) is 0 Å². The average molecular weight is 390 g/mol. The number of carbonyl (C=O) groups is 3. The maximum absolute atomic E-state index is 12.4. The molecule has 148 valence electrons. The highest BCUT2D eigenvalue weighted by molar-refractivity contribution is 5.98. The minimum Gasteiger partial charge on any atom is -0.452 e. The topological polar surface area (TPSA) is 77.4 Å². The summed E-state index contributed by atoms with van der Waals surface area (Å²) in [6.07, 6.45) is 0. The molecular weight excluding hydrogens is 368 g/mol. The first-order valence-electron chi connectivity index (χ1n) is 9.18. The summed E-state index contributed by atoms with van der Waals surface area (Å²) in [5.41, 5.74) is 4.29. The quantitative estimate of drug-likeness (QED) is 0.508. The summed E-state index contributed by atoms with van der Waals surface area (Å²) in [6.45, 7) is 5.01. The van der Waals surface area contributed by atoms with Crippen molar-refractivity contribution in [3.8, 4) is 5.69 Å². The van der Waals surface area contributed by atoms with E-state index in [1.807, 2.05) is 36.6 Å². The van der Waals surface area contributed by atoms with Crippen LogP contribution in [0.25, 0.3) is 5.69 Å². The number of ketones is 1. The Hall–Kier alpha value is -3.67. The highest BCUT2D eigenvalue weighted by atomic mass is 16.5. The summed E-state index contributed by atoms with van der Waals surface area (Å²) >= 11 is 0. The number of hydrogen-bond donors (Lipinski definition) is 1. The third kappa shape index (κ3) is 4.79. The van der Waals surface area contributed by atoms with Crippen LogP contribution in [0.3, 0.4) is 0 Å². The maximum Gasteiger partial charge on any atom is 0.338 e. The molecule has 3 rings (SSSR count).